The van der Waals surface area contributed by atoms with Crippen molar-refractivity contribution < 1.29 is 17.9 Å². The molecule has 1 N–H and O–H groups in total. The maximum atomic E-state index is 13.3. The Morgan fingerprint density at radius 1 is 1.03 bits per heavy atom. The van der Waals surface area contributed by atoms with Crippen LogP contribution in [0.3, 0.4) is 0 Å². The summed E-state index contributed by atoms with van der Waals surface area (Å²) >= 11 is 0. The van der Waals surface area contributed by atoms with E-state index < -0.39 is 10.0 Å². The van der Waals surface area contributed by atoms with Crippen LogP contribution in [0, 0.1) is 6.92 Å². The molecule has 0 radical (unpaired) electrons. The third kappa shape index (κ3) is 6.74. The maximum Gasteiger partial charge on any atom is 0.264 e. The van der Waals surface area contributed by atoms with E-state index in [1.807, 2.05) is 45.0 Å². The van der Waals surface area contributed by atoms with E-state index >= 15 is 0 Å². The Balaban J connectivity index is 2.24. The van der Waals surface area contributed by atoms with Crippen molar-refractivity contribution in [2.45, 2.75) is 25.2 Å². The number of ether oxygens (including phenoxy) is 1. The van der Waals surface area contributed by atoms with Crippen molar-refractivity contribution in [3.63, 3.8) is 0 Å². The van der Waals surface area contributed by atoms with E-state index in [9.17, 15) is 13.2 Å². The number of nitrogens with one attached hydrogen (secondary N) is 1. The van der Waals surface area contributed by atoms with Gasteiger partial charge in [-0.25, -0.2) is 8.42 Å². The minimum Gasteiger partial charge on any atom is -0.494 e. The zero-order valence-electron chi connectivity index (χ0n) is 18.1. The summed E-state index contributed by atoms with van der Waals surface area (Å²) in [6.45, 7) is 5.32. The fourth-order valence-corrected chi connectivity index (χ4v) is 4.26. The number of anilines is 1. The van der Waals surface area contributed by atoms with E-state index in [1.165, 1.54) is 12.1 Å². The normalized spacial score (nSPS) is 11.4. The van der Waals surface area contributed by atoms with Gasteiger partial charge in [-0.05, 0) is 77.3 Å². The minimum atomic E-state index is -3.93. The lowest BCUT2D eigenvalue weighted by Crippen LogP contribution is -2.41. The average molecular weight is 434 g/mol. The highest BCUT2D eigenvalue weighted by Gasteiger charge is 2.27. The summed E-state index contributed by atoms with van der Waals surface area (Å²) in [5.41, 5.74) is 1.45. The quantitative estimate of drug-likeness (QED) is 0.551. The number of aryl methyl sites for hydroxylation is 1. The number of carbonyl (C=O) groups excluding carboxylic acids is 1. The van der Waals surface area contributed by atoms with Gasteiger partial charge in [0.25, 0.3) is 10.0 Å². The second kappa shape index (κ2) is 11.0. The van der Waals surface area contributed by atoms with Crippen LogP contribution >= 0.6 is 0 Å². The molecule has 0 saturated carbocycles. The molecule has 2 rings (SSSR count). The second-order valence-electron chi connectivity index (χ2n) is 7.26. The molecule has 0 aliphatic carbocycles. The Bertz CT molecular complexity index is 910. The lowest BCUT2D eigenvalue weighted by Gasteiger charge is -2.24. The van der Waals surface area contributed by atoms with Gasteiger partial charge in [0.1, 0.15) is 12.3 Å². The molecule has 0 spiro atoms. The van der Waals surface area contributed by atoms with Crippen LogP contribution in [0.25, 0.3) is 0 Å². The fourth-order valence-electron chi connectivity index (χ4n) is 2.84. The van der Waals surface area contributed by atoms with Gasteiger partial charge >= 0.3 is 0 Å². The van der Waals surface area contributed by atoms with Gasteiger partial charge in [-0.3, -0.25) is 9.10 Å². The second-order valence-corrected chi connectivity index (χ2v) is 9.12. The van der Waals surface area contributed by atoms with Crippen LogP contribution in [0.4, 0.5) is 5.69 Å². The number of amides is 1. The fraction of sp³-hybridized carbons (Fsp3) is 0.409. The zero-order chi connectivity index (χ0) is 22.1. The number of hydrogen-bond acceptors (Lipinski definition) is 5. The largest absolute Gasteiger partial charge is 0.494 e. The first-order chi connectivity index (χ1) is 14.2. The predicted molar refractivity (Wildman–Crippen MR) is 120 cm³/mol. The Labute approximate surface area is 179 Å². The third-order valence-electron chi connectivity index (χ3n) is 4.44. The number of benzene rings is 2. The van der Waals surface area contributed by atoms with Crippen molar-refractivity contribution in [3.8, 4) is 5.75 Å². The van der Waals surface area contributed by atoms with E-state index in [-0.39, 0.29) is 17.3 Å². The monoisotopic (exact) mass is 433 g/mol. The number of nitrogens with zero attached hydrogens (tertiary/aromatic N) is 2. The molecule has 0 unspecified atom stereocenters. The van der Waals surface area contributed by atoms with E-state index in [2.05, 4.69) is 5.32 Å². The molecule has 7 nitrogen and oxygen atoms in total. The van der Waals surface area contributed by atoms with Gasteiger partial charge in [0, 0.05) is 6.54 Å². The molecular formula is C22H31N3O4S. The molecule has 0 aliphatic heterocycles. The van der Waals surface area contributed by atoms with Gasteiger partial charge in [0.05, 0.1) is 17.2 Å². The number of hydrogen-bond donors (Lipinski definition) is 1. The molecular weight excluding hydrogens is 402 g/mol. The zero-order valence-corrected chi connectivity index (χ0v) is 18.9. The molecule has 1 amide bonds. The number of carbonyl (C=O) groups is 1. The van der Waals surface area contributed by atoms with Crippen molar-refractivity contribution in [1.29, 1.82) is 0 Å². The minimum absolute atomic E-state index is 0.104. The highest BCUT2D eigenvalue weighted by atomic mass is 32.2. The summed E-state index contributed by atoms with van der Waals surface area (Å²) in [4.78, 5) is 14.6. The summed E-state index contributed by atoms with van der Waals surface area (Å²) in [5, 5.41) is 2.81. The Morgan fingerprint density at radius 3 is 2.23 bits per heavy atom. The highest BCUT2D eigenvalue weighted by Crippen LogP contribution is 2.25. The Morgan fingerprint density at radius 2 is 1.67 bits per heavy atom. The summed E-state index contributed by atoms with van der Waals surface area (Å²) in [7, 11) is -0.00377. The molecule has 0 aromatic heterocycles. The van der Waals surface area contributed by atoms with Crippen molar-refractivity contribution in [2.24, 2.45) is 0 Å². The third-order valence-corrected chi connectivity index (χ3v) is 6.22. The molecule has 0 heterocycles. The van der Waals surface area contributed by atoms with Gasteiger partial charge in [0.2, 0.25) is 5.91 Å². The lowest BCUT2D eigenvalue weighted by atomic mass is 10.2. The Kier molecular flexibility index (Phi) is 8.68. The predicted octanol–water partition coefficient (Wildman–Crippen LogP) is 2.66. The SMILES string of the molecule is CCOc1ccc(S(=O)(=O)N(CC(=O)NCCCN(C)C)c2ccc(C)cc2)cc1. The van der Waals surface area contributed by atoms with Crippen LogP contribution in [0.15, 0.2) is 53.4 Å². The molecule has 0 aliphatic rings. The molecule has 0 fully saturated rings. The van der Waals surface area contributed by atoms with Crippen LogP contribution < -0.4 is 14.4 Å². The van der Waals surface area contributed by atoms with Gasteiger partial charge in [-0.2, -0.15) is 0 Å². The molecule has 0 atom stereocenters. The molecule has 164 valence electrons. The topological polar surface area (TPSA) is 79.0 Å². The van der Waals surface area contributed by atoms with Crippen molar-refractivity contribution in [3.05, 3.63) is 54.1 Å². The van der Waals surface area contributed by atoms with Gasteiger partial charge < -0.3 is 15.0 Å². The van der Waals surface area contributed by atoms with Crippen molar-refractivity contribution >= 4 is 21.6 Å². The summed E-state index contributed by atoms with van der Waals surface area (Å²) < 4.78 is 33.2. The van der Waals surface area contributed by atoms with Gasteiger partial charge in [-0.1, -0.05) is 17.7 Å². The van der Waals surface area contributed by atoms with Crippen LogP contribution in [-0.2, 0) is 14.8 Å². The molecule has 2 aromatic rings. The standard InChI is InChI=1S/C22H31N3O4S/c1-5-29-20-11-13-21(14-12-20)30(27,28)25(19-9-7-18(2)8-10-19)17-22(26)23-15-6-16-24(3)4/h7-14H,5-6,15-17H2,1-4H3,(H,23,26). The highest BCUT2D eigenvalue weighted by molar-refractivity contribution is 7.92. The van der Waals surface area contributed by atoms with E-state index in [0.29, 0.717) is 24.6 Å². The summed E-state index contributed by atoms with van der Waals surface area (Å²) in [6.07, 6.45) is 0.787. The van der Waals surface area contributed by atoms with E-state index in [4.69, 9.17) is 4.74 Å². The van der Waals surface area contributed by atoms with E-state index in [1.54, 1.807) is 24.3 Å². The lowest BCUT2D eigenvalue weighted by molar-refractivity contribution is -0.119. The average Bonchev–Trinajstić information content (AvgIpc) is 2.71. The van der Waals surface area contributed by atoms with E-state index in [0.717, 1.165) is 22.8 Å². The molecule has 8 heteroatoms. The van der Waals surface area contributed by atoms with Crippen LogP contribution in [0.2, 0.25) is 0 Å². The van der Waals surface area contributed by atoms with Crippen molar-refractivity contribution in [2.75, 3.05) is 44.6 Å². The smallest absolute Gasteiger partial charge is 0.264 e. The van der Waals surface area contributed by atoms with Crippen LogP contribution in [0.1, 0.15) is 18.9 Å². The molecule has 2 aromatic carbocycles. The van der Waals surface area contributed by atoms with Crippen LogP contribution in [-0.4, -0.2) is 59.6 Å². The maximum absolute atomic E-state index is 13.3. The summed E-state index contributed by atoms with van der Waals surface area (Å²) in [6, 6.07) is 13.3. The van der Waals surface area contributed by atoms with Gasteiger partial charge in [-0.15, -0.1) is 0 Å². The van der Waals surface area contributed by atoms with Crippen molar-refractivity contribution in [1.82, 2.24) is 10.2 Å². The van der Waals surface area contributed by atoms with Crippen LogP contribution in [0.5, 0.6) is 5.75 Å². The first-order valence-corrected chi connectivity index (χ1v) is 11.4. The molecule has 0 saturated heterocycles. The molecule has 30 heavy (non-hydrogen) atoms. The summed E-state index contributed by atoms with van der Waals surface area (Å²) in [5.74, 6) is 0.251. The Hall–Kier alpha value is -2.58. The first kappa shape index (κ1) is 23.7. The van der Waals surface area contributed by atoms with Gasteiger partial charge in [0.15, 0.2) is 0 Å². The number of sulfonamides is 1. The number of rotatable bonds is 11. The first-order valence-electron chi connectivity index (χ1n) is 9.97. The molecule has 0 bridgehead atoms.